The van der Waals surface area contributed by atoms with E-state index in [4.69, 9.17) is 8.22 Å². The first kappa shape index (κ1) is 19.5. The van der Waals surface area contributed by atoms with Gasteiger partial charge in [-0.25, -0.2) is 0 Å². The van der Waals surface area contributed by atoms with E-state index >= 15 is 0 Å². The molecule has 11 rings (SSSR count). The lowest BCUT2D eigenvalue weighted by atomic mass is 9.81. The summed E-state index contributed by atoms with van der Waals surface area (Å²) < 4.78 is 89.3. The van der Waals surface area contributed by atoms with E-state index in [1.165, 1.54) is 0 Å². The minimum Gasteiger partial charge on any atom is -0.0622 e. The highest BCUT2D eigenvalue weighted by atomic mass is 14.2. The topological polar surface area (TPSA) is 0 Å². The SMILES string of the molecule is [2H]c1c([2H])c([2H])c(-c2cc(-c3ccc4ccc5cccc6ccc3c4c56)cc(-c3ccc4ccc5cccc6ccc3c4c56)c2-c2c([2H])c([2H])c([2H])c([2H])c2[2H])c([2H])c1[2H]. The predicted molar refractivity (Wildman–Crippen MR) is 216 cm³/mol. The van der Waals surface area contributed by atoms with Gasteiger partial charge >= 0.3 is 0 Å². The van der Waals surface area contributed by atoms with Crippen molar-refractivity contribution in [3.63, 3.8) is 0 Å². The van der Waals surface area contributed by atoms with Crippen molar-refractivity contribution in [3.05, 3.63) is 182 Å². The summed E-state index contributed by atoms with van der Waals surface area (Å²) in [6.45, 7) is 0. The molecule has 0 unspecified atom stereocenters. The average Bonchev–Trinajstić information content (AvgIpc) is 3.27. The first-order valence-corrected chi connectivity index (χ1v) is 16.6. The van der Waals surface area contributed by atoms with Crippen molar-refractivity contribution in [1.82, 2.24) is 0 Å². The third-order valence-electron chi connectivity index (χ3n) is 10.3. The second-order valence-electron chi connectivity index (χ2n) is 12.9. The molecule has 0 heteroatoms. The van der Waals surface area contributed by atoms with Crippen LogP contribution in [0.1, 0.15) is 13.7 Å². The Balaban J connectivity index is 1.37. The van der Waals surface area contributed by atoms with Crippen LogP contribution in [0.15, 0.2) is 182 Å². The van der Waals surface area contributed by atoms with Gasteiger partial charge in [-0.2, -0.15) is 0 Å². The molecule has 0 nitrogen and oxygen atoms in total. The lowest BCUT2D eigenvalue weighted by Gasteiger charge is -2.22. The first-order chi connectivity index (χ1) is 28.9. The van der Waals surface area contributed by atoms with Crippen molar-refractivity contribution in [2.75, 3.05) is 0 Å². The summed E-state index contributed by atoms with van der Waals surface area (Å²) in [5.41, 5.74) is 2.70. The Labute approximate surface area is 304 Å². The van der Waals surface area contributed by atoms with Gasteiger partial charge < -0.3 is 0 Å². The van der Waals surface area contributed by atoms with Crippen LogP contribution in [0.2, 0.25) is 0 Å². The third kappa shape index (κ3) is 3.94. The first-order valence-electron chi connectivity index (χ1n) is 21.6. The van der Waals surface area contributed by atoms with Crippen LogP contribution in [0, 0.1) is 0 Å². The number of benzene rings is 11. The van der Waals surface area contributed by atoms with E-state index < -0.39 is 60.4 Å². The molecule has 230 valence electrons. The Hall–Kier alpha value is -6.50. The van der Waals surface area contributed by atoms with Gasteiger partial charge in [-0.05, 0) is 121 Å². The van der Waals surface area contributed by atoms with E-state index in [0.29, 0.717) is 16.7 Å². The monoisotopic (exact) mass is 640 g/mol. The fraction of sp³-hybridized carbons (Fsp3) is 0. The Morgan fingerprint density at radius 1 is 0.300 bits per heavy atom. The van der Waals surface area contributed by atoms with Gasteiger partial charge in [0.2, 0.25) is 0 Å². The van der Waals surface area contributed by atoms with E-state index in [0.717, 1.165) is 70.2 Å². The van der Waals surface area contributed by atoms with Crippen LogP contribution in [-0.4, -0.2) is 0 Å². The molecule has 0 aromatic heterocycles. The van der Waals surface area contributed by atoms with E-state index in [2.05, 4.69) is 72.8 Å². The second-order valence-corrected chi connectivity index (χ2v) is 12.9. The molecule has 0 radical (unpaired) electrons. The largest absolute Gasteiger partial charge is 0.0629 e. The van der Waals surface area contributed by atoms with Crippen molar-refractivity contribution in [2.24, 2.45) is 0 Å². The molecule has 0 bridgehead atoms. The van der Waals surface area contributed by atoms with Gasteiger partial charge in [0.15, 0.2) is 0 Å². The van der Waals surface area contributed by atoms with Crippen molar-refractivity contribution >= 4 is 64.6 Å². The molecular formula is C50H30. The molecule has 0 aliphatic heterocycles. The maximum absolute atomic E-state index is 9.33. The summed E-state index contributed by atoms with van der Waals surface area (Å²) in [5, 5.41) is 12.4. The van der Waals surface area contributed by atoms with Crippen molar-refractivity contribution < 1.29 is 13.7 Å². The lowest BCUT2D eigenvalue weighted by Crippen LogP contribution is -1.95. The zero-order valence-corrected chi connectivity index (χ0v) is 26.5. The molecular weight excluding hydrogens is 601 g/mol. The van der Waals surface area contributed by atoms with Crippen molar-refractivity contribution in [1.29, 1.82) is 0 Å². The highest BCUT2D eigenvalue weighted by Gasteiger charge is 2.21. The maximum Gasteiger partial charge on any atom is 0.0629 e. The van der Waals surface area contributed by atoms with Crippen LogP contribution in [0.5, 0.6) is 0 Å². The maximum atomic E-state index is 9.33. The zero-order chi connectivity index (χ0) is 41.5. The van der Waals surface area contributed by atoms with Crippen LogP contribution >= 0.6 is 0 Å². The molecule has 0 heterocycles. The molecule has 0 aliphatic carbocycles. The highest BCUT2D eigenvalue weighted by molar-refractivity contribution is 6.27. The minimum absolute atomic E-state index is 0.134. The predicted octanol–water partition coefficient (Wildman–Crippen LogP) is 14.1. The van der Waals surface area contributed by atoms with Gasteiger partial charge in [-0.15, -0.1) is 0 Å². The molecule has 0 amide bonds. The van der Waals surface area contributed by atoms with Gasteiger partial charge in [0.25, 0.3) is 0 Å². The summed E-state index contributed by atoms with van der Waals surface area (Å²) in [4.78, 5) is 0. The number of hydrogen-bond donors (Lipinski definition) is 0. The standard InChI is InChI=1S/C50H30/c1-3-9-31(10-4-1)44-29-39(40-25-21-37-19-17-33-13-7-15-35-23-27-42(40)49(37)46(33)35)30-45(48(44)32-11-5-2-6-12-32)41-26-22-38-20-18-34-14-8-16-36-24-28-43(41)50(38)47(34)36/h1-30H/i1D,2D,3D,4D,5D,6D,9D,10D,11D,12D. The molecule has 11 aromatic carbocycles. The molecule has 50 heavy (non-hydrogen) atoms. The summed E-state index contributed by atoms with van der Waals surface area (Å²) >= 11 is 0. The molecule has 0 N–H and O–H groups in total. The molecule has 0 aliphatic rings. The molecule has 0 fully saturated rings. The zero-order valence-electron chi connectivity index (χ0n) is 36.5. The van der Waals surface area contributed by atoms with Crippen LogP contribution < -0.4 is 0 Å². The summed E-state index contributed by atoms with van der Waals surface area (Å²) in [7, 11) is 0. The fourth-order valence-corrected chi connectivity index (χ4v) is 8.19. The quantitative estimate of drug-likeness (QED) is 0.168. The fourth-order valence-electron chi connectivity index (χ4n) is 8.19. The number of rotatable bonds is 4. The van der Waals surface area contributed by atoms with Crippen LogP contribution in [0.4, 0.5) is 0 Å². The summed E-state index contributed by atoms with van der Waals surface area (Å²) in [6, 6.07) is 35.6. The van der Waals surface area contributed by atoms with Crippen molar-refractivity contribution in [3.8, 4) is 44.5 Å². The Bertz CT molecular complexity index is 3580. The Kier molecular flexibility index (Phi) is 4.09. The van der Waals surface area contributed by atoms with E-state index in [-0.39, 0.29) is 22.3 Å². The molecule has 0 spiro atoms. The Morgan fingerprint density at radius 3 is 1.28 bits per heavy atom. The van der Waals surface area contributed by atoms with Crippen molar-refractivity contribution in [2.45, 2.75) is 0 Å². The third-order valence-corrected chi connectivity index (χ3v) is 10.3. The lowest BCUT2D eigenvalue weighted by molar-refractivity contribution is 1.56. The second kappa shape index (κ2) is 10.5. The minimum atomic E-state index is -0.562. The van der Waals surface area contributed by atoms with E-state index in [1.807, 2.05) is 42.5 Å². The van der Waals surface area contributed by atoms with Gasteiger partial charge in [0, 0.05) is 0 Å². The van der Waals surface area contributed by atoms with Gasteiger partial charge in [-0.3, -0.25) is 0 Å². The van der Waals surface area contributed by atoms with Gasteiger partial charge in [0.1, 0.15) is 0 Å². The van der Waals surface area contributed by atoms with Crippen LogP contribution in [0.25, 0.3) is 109 Å². The highest BCUT2D eigenvalue weighted by Crippen LogP contribution is 2.48. The summed E-state index contributed by atoms with van der Waals surface area (Å²) in [5.74, 6) is 0. The van der Waals surface area contributed by atoms with E-state index in [9.17, 15) is 5.48 Å². The molecule has 0 atom stereocenters. The van der Waals surface area contributed by atoms with Gasteiger partial charge in [-0.1, -0.05) is 170 Å². The van der Waals surface area contributed by atoms with Gasteiger partial charge in [0.05, 0.1) is 13.7 Å². The van der Waals surface area contributed by atoms with E-state index in [1.54, 1.807) is 6.07 Å². The molecule has 11 aromatic rings. The Morgan fingerprint density at radius 2 is 0.720 bits per heavy atom. The number of hydrogen-bond acceptors (Lipinski definition) is 0. The van der Waals surface area contributed by atoms with Crippen LogP contribution in [0.3, 0.4) is 0 Å². The molecule has 0 saturated heterocycles. The summed E-state index contributed by atoms with van der Waals surface area (Å²) in [6.07, 6.45) is 0. The van der Waals surface area contributed by atoms with Crippen LogP contribution in [-0.2, 0) is 0 Å². The molecule has 0 saturated carbocycles. The average molecular weight is 641 g/mol. The smallest absolute Gasteiger partial charge is 0.0622 e. The normalized spacial score (nSPS) is 14.8.